The summed E-state index contributed by atoms with van der Waals surface area (Å²) >= 11 is 6.14. The van der Waals surface area contributed by atoms with Crippen LogP contribution in [0.1, 0.15) is 25.3 Å². The van der Waals surface area contributed by atoms with E-state index >= 15 is 0 Å². The molecule has 2 aromatic carbocycles. The second-order valence-corrected chi connectivity index (χ2v) is 12.8. The van der Waals surface area contributed by atoms with Gasteiger partial charge in [0, 0.05) is 49.2 Å². The van der Waals surface area contributed by atoms with E-state index in [1.807, 2.05) is 4.90 Å². The SMILES string of the molecule is COc1cc(CNS(=O)(=O)N2CCN(c3cnn(-c4cccc(Cl)c4)c(=O)c3OCC3(C)CC3)CC2)ccc1[N+](=O)[O-]. The lowest BCUT2D eigenvalue weighted by Crippen LogP contribution is -2.52. The molecule has 0 bridgehead atoms. The van der Waals surface area contributed by atoms with Crippen LogP contribution in [0.3, 0.4) is 0 Å². The van der Waals surface area contributed by atoms with Crippen molar-refractivity contribution in [2.45, 2.75) is 26.3 Å². The van der Waals surface area contributed by atoms with E-state index in [4.69, 9.17) is 21.1 Å². The molecule has 1 saturated heterocycles. The first-order valence-corrected chi connectivity index (χ1v) is 15.1. The van der Waals surface area contributed by atoms with Crippen molar-refractivity contribution in [3.8, 4) is 17.2 Å². The molecule has 0 radical (unpaired) electrons. The summed E-state index contributed by atoms with van der Waals surface area (Å²) in [7, 11) is -2.55. The van der Waals surface area contributed by atoms with Crippen molar-refractivity contribution in [3.05, 3.63) is 79.7 Å². The summed E-state index contributed by atoms with van der Waals surface area (Å²) in [5.41, 5.74) is 0.927. The predicted octanol–water partition coefficient (Wildman–Crippen LogP) is 3.14. The normalized spacial score (nSPS) is 16.7. The molecular formula is C27H31ClN6O7S. The summed E-state index contributed by atoms with van der Waals surface area (Å²) < 4.78 is 42.4. The standard InChI is InChI=1S/C27H31ClN6O7S/c1-27(8-9-27)18-41-25-23(17-29-33(26(25)35)21-5-3-4-20(28)15-21)31-10-12-32(13-11-31)42(38,39)30-16-19-6-7-22(34(36)37)24(14-19)40-2/h3-7,14-15,17,30H,8-13,16,18H2,1-2H3. The van der Waals surface area contributed by atoms with Crippen molar-refractivity contribution in [2.75, 3.05) is 44.8 Å². The number of nitrogens with zero attached hydrogens (tertiary/aromatic N) is 5. The van der Waals surface area contributed by atoms with Crippen LogP contribution in [0, 0.1) is 15.5 Å². The number of halogens is 1. The number of benzene rings is 2. The molecule has 13 nitrogen and oxygen atoms in total. The zero-order valence-corrected chi connectivity index (χ0v) is 24.7. The number of methoxy groups -OCH3 is 1. The average molecular weight is 619 g/mol. The number of hydrogen-bond acceptors (Lipinski definition) is 9. The Labute approximate surface area is 247 Å². The van der Waals surface area contributed by atoms with Crippen LogP contribution < -0.4 is 24.7 Å². The lowest BCUT2D eigenvalue weighted by atomic mass is 10.2. The zero-order valence-electron chi connectivity index (χ0n) is 23.2. The Morgan fingerprint density at radius 3 is 2.52 bits per heavy atom. The van der Waals surface area contributed by atoms with Crippen molar-refractivity contribution in [1.82, 2.24) is 18.8 Å². The first kappa shape index (κ1) is 29.8. The van der Waals surface area contributed by atoms with Gasteiger partial charge in [-0.3, -0.25) is 14.9 Å². The number of nitro benzene ring substituents is 1. The van der Waals surface area contributed by atoms with Gasteiger partial charge in [0.05, 0.1) is 30.5 Å². The van der Waals surface area contributed by atoms with Crippen molar-refractivity contribution >= 4 is 33.2 Å². The summed E-state index contributed by atoms with van der Waals surface area (Å²) in [5, 5.41) is 16.0. The van der Waals surface area contributed by atoms with E-state index in [9.17, 15) is 23.3 Å². The van der Waals surface area contributed by atoms with Crippen LogP contribution in [0.15, 0.2) is 53.5 Å². The van der Waals surface area contributed by atoms with Gasteiger partial charge in [0.15, 0.2) is 5.75 Å². The fraction of sp³-hybridized carbons (Fsp3) is 0.407. The van der Waals surface area contributed by atoms with Gasteiger partial charge in [-0.2, -0.15) is 27.2 Å². The zero-order chi connectivity index (χ0) is 30.1. The maximum atomic E-state index is 13.6. The largest absolute Gasteiger partial charge is 0.490 e. The lowest BCUT2D eigenvalue weighted by Gasteiger charge is -2.35. The van der Waals surface area contributed by atoms with Gasteiger partial charge in [0.25, 0.3) is 10.2 Å². The molecule has 3 aromatic rings. The molecule has 1 aromatic heterocycles. The monoisotopic (exact) mass is 618 g/mol. The summed E-state index contributed by atoms with van der Waals surface area (Å²) in [6.45, 7) is 3.36. The van der Waals surface area contributed by atoms with Gasteiger partial charge in [-0.15, -0.1) is 0 Å². The Morgan fingerprint density at radius 2 is 1.88 bits per heavy atom. The van der Waals surface area contributed by atoms with Crippen molar-refractivity contribution in [3.63, 3.8) is 0 Å². The van der Waals surface area contributed by atoms with Gasteiger partial charge in [-0.05, 0) is 42.7 Å². The highest BCUT2D eigenvalue weighted by molar-refractivity contribution is 7.87. The number of anilines is 1. The number of piperazine rings is 1. The molecule has 1 aliphatic heterocycles. The van der Waals surface area contributed by atoms with E-state index in [-0.39, 0.29) is 42.2 Å². The minimum atomic E-state index is -3.86. The highest BCUT2D eigenvalue weighted by Crippen LogP contribution is 2.45. The number of nitrogens with one attached hydrogen (secondary N) is 1. The van der Waals surface area contributed by atoms with Crippen molar-refractivity contribution in [2.24, 2.45) is 5.41 Å². The second-order valence-electron chi connectivity index (χ2n) is 10.6. The van der Waals surface area contributed by atoms with Gasteiger partial charge < -0.3 is 14.4 Å². The van der Waals surface area contributed by atoms with Crippen molar-refractivity contribution < 1.29 is 22.8 Å². The molecule has 2 heterocycles. The van der Waals surface area contributed by atoms with E-state index in [1.54, 1.807) is 30.5 Å². The van der Waals surface area contributed by atoms with Crippen LogP contribution >= 0.6 is 11.6 Å². The van der Waals surface area contributed by atoms with Crippen LogP contribution in [0.5, 0.6) is 11.5 Å². The smallest absolute Gasteiger partial charge is 0.316 e. The molecule has 0 atom stereocenters. The molecule has 2 aliphatic rings. The third-order valence-electron chi connectivity index (χ3n) is 7.45. The number of aromatic nitrogens is 2. The van der Waals surface area contributed by atoms with E-state index in [0.29, 0.717) is 41.7 Å². The van der Waals surface area contributed by atoms with Gasteiger partial charge in [-0.1, -0.05) is 30.7 Å². The third kappa shape index (κ3) is 6.51. The number of hydrogen-bond donors (Lipinski definition) is 1. The van der Waals surface area contributed by atoms with Crippen LogP contribution in [0.4, 0.5) is 11.4 Å². The fourth-order valence-electron chi connectivity index (χ4n) is 4.60. The molecule has 1 saturated carbocycles. The Kier molecular flexibility index (Phi) is 8.42. The predicted molar refractivity (Wildman–Crippen MR) is 157 cm³/mol. The molecular weight excluding hydrogens is 588 g/mol. The minimum absolute atomic E-state index is 0.0278. The maximum Gasteiger partial charge on any atom is 0.316 e. The lowest BCUT2D eigenvalue weighted by molar-refractivity contribution is -0.385. The summed E-state index contributed by atoms with van der Waals surface area (Å²) in [6, 6.07) is 11.0. The molecule has 5 rings (SSSR count). The van der Waals surface area contributed by atoms with E-state index < -0.39 is 20.7 Å². The Morgan fingerprint density at radius 1 is 1.14 bits per heavy atom. The summed E-state index contributed by atoms with van der Waals surface area (Å²) in [5.74, 6) is 0.213. The van der Waals surface area contributed by atoms with E-state index in [1.165, 1.54) is 34.3 Å². The van der Waals surface area contributed by atoms with Crippen LogP contribution in [-0.2, 0) is 16.8 Å². The maximum absolute atomic E-state index is 13.6. The van der Waals surface area contributed by atoms with E-state index in [2.05, 4.69) is 16.7 Å². The molecule has 1 aliphatic carbocycles. The van der Waals surface area contributed by atoms with Crippen molar-refractivity contribution in [1.29, 1.82) is 0 Å². The molecule has 42 heavy (non-hydrogen) atoms. The second kappa shape index (κ2) is 11.9. The van der Waals surface area contributed by atoms with Gasteiger partial charge in [0.1, 0.15) is 5.69 Å². The molecule has 0 unspecified atom stereocenters. The quantitative estimate of drug-likeness (QED) is 0.253. The number of nitro groups is 1. The number of ether oxygens (including phenoxy) is 2. The summed E-state index contributed by atoms with van der Waals surface area (Å²) in [6.07, 6.45) is 3.61. The van der Waals surface area contributed by atoms with Gasteiger partial charge in [-0.25, -0.2) is 0 Å². The average Bonchev–Trinajstić information content (AvgIpc) is 3.72. The minimum Gasteiger partial charge on any atom is -0.490 e. The molecule has 0 amide bonds. The van der Waals surface area contributed by atoms with Crippen LogP contribution in [0.2, 0.25) is 5.02 Å². The first-order valence-electron chi connectivity index (χ1n) is 13.3. The molecule has 0 spiro atoms. The number of rotatable bonds is 11. The Bertz CT molecular complexity index is 1650. The summed E-state index contributed by atoms with van der Waals surface area (Å²) in [4.78, 5) is 26.0. The van der Waals surface area contributed by atoms with Gasteiger partial charge in [0.2, 0.25) is 5.75 Å². The molecule has 2 fully saturated rings. The molecule has 224 valence electrons. The Balaban J connectivity index is 1.30. The molecule has 1 N–H and O–H groups in total. The highest BCUT2D eigenvalue weighted by atomic mass is 35.5. The van der Waals surface area contributed by atoms with Crippen LogP contribution in [0.25, 0.3) is 5.69 Å². The first-order chi connectivity index (χ1) is 20.0. The van der Waals surface area contributed by atoms with Gasteiger partial charge >= 0.3 is 11.2 Å². The highest BCUT2D eigenvalue weighted by Gasteiger charge is 2.39. The Hall–Kier alpha value is -3.72. The van der Waals surface area contributed by atoms with Crippen LogP contribution in [-0.4, -0.2) is 67.3 Å². The fourth-order valence-corrected chi connectivity index (χ4v) is 5.96. The topological polar surface area (TPSA) is 149 Å². The molecule has 15 heteroatoms. The third-order valence-corrected chi connectivity index (χ3v) is 9.24. The van der Waals surface area contributed by atoms with E-state index in [0.717, 1.165) is 12.8 Å².